The van der Waals surface area contributed by atoms with E-state index >= 15 is 0 Å². The van der Waals surface area contributed by atoms with Crippen LogP contribution in [0.5, 0.6) is 0 Å². The first kappa shape index (κ1) is 12.4. The van der Waals surface area contributed by atoms with Crippen molar-refractivity contribution >= 4 is 0 Å². The molecule has 1 aromatic heterocycles. The predicted molar refractivity (Wildman–Crippen MR) is 63.2 cm³/mol. The Morgan fingerprint density at radius 1 is 1.56 bits per heavy atom. The van der Waals surface area contributed by atoms with E-state index in [1.807, 2.05) is 0 Å². The first-order valence-corrected chi connectivity index (χ1v) is 5.68. The molecule has 0 saturated carbocycles. The molecule has 96 valence electrons. The SMILES string of the molecule is [N-]=[N+]=NCCn1c(=O)ccn(C2CCCO2)c1=O. The summed E-state index contributed by atoms with van der Waals surface area (Å²) in [6, 6.07) is 1.32. The number of nitrogens with zero attached hydrogens (tertiary/aromatic N) is 5. The zero-order chi connectivity index (χ0) is 13.0. The maximum atomic E-state index is 12.1. The Labute approximate surface area is 102 Å². The molecule has 18 heavy (non-hydrogen) atoms. The van der Waals surface area contributed by atoms with Crippen LogP contribution in [0.4, 0.5) is 0 Å². The number of hydrogen-bond acceptors (Lipinski definition) is 4. The number of aromatic nitrogens is 2. The van der Waals surface area contributed by atoms with Gasteiger partial charge < -0.3 is 4.74 Å². The van der Waals surface area contributed by atoms with Gasteiger partial charge in [0, 0.05) is 36.9 Å². The fourth-order valence-corrected chi connectivity index (χ4v) is 1.93. The second kappa shape index (κ2) is 5.52. The molecule has 0 bridgehead atoms. The summed E-state index contributed by atoms with van der Waals surface area (Å²) in [6.07, 6.45) is 2.80. The van der Waals surface area contributed by atoms with Crippen LogP contribution < -0.4 is 11.2 Å². The van der Waals surface area contributed by atoms with Crippen molar-refractivity contribution in [2.24, 2.45) is 5.11 Å². The van der Waals surface area contributed by atoms with E-state index in [0.29, 0.717) is 6.61 Å². The fourth-order valence-electron chi connectivity index (χ4n) is 1.93. The van der Waals surface area contributed by atoms with Gasteiger partial charge in [-0.25, -0.2) is 4.79 Å². The third-order valence-corrected chi connectivity index (χ3v) is 2.80. The van der Waals surface area contributed by atoms with Gasteiger partial charge in [0.2, 0.25) is 0 Å². The summed E-state index contributed by atoms with van der Waals surface area (Å²) in [7, 11) is 0. The third kappa shape index (κ3) is 2.44. The van der Waals surface area contributed by atoms with Crippen LogP contribution in [0.25, 0.3) is 10.4 Å². The van der Waals surface area contributed by atoms with Crippen molar-refractivity contribution in [1.82, 2.24) is 9.13 Å². The number of ether oxygens (including phenoxy) is 1. The van der Waals surface area contributed by atoms with Crippen LogP contribution in [0.2, 0.25) is 0 Å². The van der Waals surface area contributed by atoms with Crippen molar-refractivity contribution in [1.29, 1.82) is 0 Å². The lowest BCUT2D eigenvalue weighted by atomic mass is 10.3. The molecule has 8 heteroatoms. The Balaban J connectivity index is 2.33. The summed E-state index contributed by atoms with van der Waals surface area (Å²) < 4.78 is 7.87. The Bertz CT molecular complexity index is 578. The summed E-state index contributed by atoms with van der Waals surface area (Å²) in [4.78, 5) is 26.2. The number of hydrogen-bond donors (Lipinski definition) is 0. The average Bonchev–Trinajstić information content (AvgIpc) is 2.87. The van der Waals surface area contributed by atoms with Gasteiger partial charge in [-0.15, -0.1) is 0 Å². The second-order valence-electron chi connectivity index (χ2n) is 3.92. The molecule has 1 atom stereocenters. The molecule has 0 aromatic carbocycles. The zero-order valence-electron chi connectivity index (χ0n) is 9.73. The average molecular weight is 251 g/mol. The van der Waals surface area contributed by atoms with Crippen molar-refractivity contribution in [3.63, 3.8) is 0 Å². The first-order valence-electron chi connectivity index (χ1n) is 5.68. The molecule has 1 aliphatic rings. The molecule has 0 spiro atoms. The summed E-state index contributed by atoms with van der Waals surface area (Å²) >= 11 is 0. The van der Waals surface area contributed by atoms with Crippen LogP contribution in [0, 0.1) is 0 Å². The summed E-state index contributed by atoms with van der Waals surface area (Å²) in [5, 5.41) is 3.32. The van der Waals surface area contributed by atoms with Crippen LogP contribution in [0.3, 0.4) is 0 Å². The van der Waals surface area contributed by atoms with Crippen molar-refractivity contribution in [3.05, 3.63) is 43.5 Å². The highest BCUT2D eigenvalue weighted by atomic mass is 16.5. The Morgan fingerprint density at radius 2 is 2.39 bits per heavy atom. The monoisotopic (exact) mass is 251 g/mol. The minimum absolute atomic E-state index is 0.0706. The van der Waals surface area contributed by atoms with E-state index in [4.69, 9.17) is 10.3 Å². The normalized spacial score (nSPS) is 18.6. The van der Waals surface area contributed by atoms with Gasteiger partial charge >= 0.3 is 5.69 Å². The largest absolute Gasteiger partial charge is 0.358 e. The van der Waals surface area contributed by atoms with Gasteiger partial charge in [0.25, 0.3) is 5.56 Å². The van der Waals surface area contributed by atoms with Crippen LogP contribution in [0.1, 0.15) is 19.1 Å². The maximum Gasteiger partial charge on any atom is 0.333 e. The van der Waals surface area contributed by atoms with Crippen molar-refractivity contribution in [2.75, 3.05) is 13.2 Å². The highest BCUT2D eigenvalue weighted by molar-refractivity contribution is 4.88. The molecule has 0 radical (unpaired) electrons. The topological polar surface area (TPSA) is 102 Å². The van der Waals surface area contributed by atoms with Crippen LogP contribution in [-0.2, 0) is 11.3 Å². The quantitative estimate of drug-likeness (QED) is 0.445. The van der Waals surface area contributed by atoms with E-state index < -0.39 is 11.2 Å². The van der Waals surface area contributed by atoms with E-state index in [-0.39, 0.29) is 19.3 Å². The second-order valence-corrected chi connectivity index (χ2v) is 3.92. The van der Waals surface area contributed by atoms with Crippen molar-refractivity contribution < 1.29 is 4.74 Å². The Morgan fingerprint density at radius 3 is 3.06 bits per heavy atom. The molecule has 2 rings (SSSR count). The first-order chi connectivity index (χ1) is 8.74. The molecule has 0 N–H and O–H groups in total. The number of azide groups is 1. The van der Waals surface area contributed by atoms with Gasteiger partial charge in [0.15, 0.2) is 0 Å². The minimum atomic E-state index is -0.428. The van der Waals surface area contributed by atoms with Gasteiger partial charge in [0.1, 0.15) is 6.23 Å². The molecule has 8 nitrogen and oxygen atoms in total. The van der Waals surface area contributed by atoms with Gasteiger partial charge in [-0.2, -0.15) is 0 Å². The van der Waals surface area contributed by atoms with Crippen LogP contribution in [0.15, 0.2) is 27.0 Å². The minimum Gasteiger partial charge on any atom is -0.358 e. The van der Waals surface area contributed by atoms with Gasteiger partial charge in [0.05, 0.1) is 0 Å². The summed E-state index contributed by atoms with van der Waals surface area (Å²) in [5.41, 5.74) is 7.35. The highest BCUT2D eigenvalue weighted by Crippen LogP contribution is 2.20. The zero-order valence-corrected chi connectivity index (χ0v) is 9.73. The molecule has 0 amide bonds. The van der Waals surface area contributed by atoms with Gasteiger partial charge in [-0.1, -0.05) is 5.11 Å². The summed E-state index contributed by atoms with van der Waals surface area (Å²) in [5.74, 6) is 0. The van der Waals surface area contributed by atoms with Crippen LogP contribution in [-0.4, -0.2) is 22.3 Å². The molecular formula is C10H13N5O3. The highest BCUT2D eigenvalue weighted by Gasteiger charge is 2.19. The molecule has 1 fully saturated rings. The smallest absolute Gasteiger partial charge is 0.333 e. The van der Waals surface area contributed by atoms with Crippen LogP contribution >= 0.6 is 0 Å². The van der Waals surface area contributed by atoms with E-state index in [0.717, 1.165) is 17.4 Å². The maximum absolute atomic E-state index is 12.1. The van der Waals surface area contributed by atoms with E-state index in [9.17, 15) is 9.59 Å². The van der Waals surface area contributed by atoms with Gasteiger partial charge in [-0.05, 0) is 18.4 Å². The third-order valence-electron chi connectivity index (χ3n) is 2.80. The lowest BCUT2D eigenvalue weighted by molar-refractivity contribution is 0.0513. The number of rotatable bonds is 4. The molecule has 2 heterocycles. The summed E-state index contributed by atoms with van der Waals surface area (Å²) in [6.45, 7) is 0.769. The van der Waals surface area contributed by atoms with E-state index in [2.05, 4.69) is 10.0 Å². The van der Waals surface area contributed by atoms with E-state index in [1.165, 1.54) is 16.8 Å². The lowest BCUT2D eigenvalue weighted by Gasteiger charge is -2.14. The Hall–Kier alpha value is -2.05. The predicted octanol–water partition coefficient (Wildman–Crippen LogP) is 0.629. The van der Waals surface area contributed by atoms with Crippen molar-refractivity contribution in [2.45, 2.75) is 25.6 Å². The standard InChI is InChI=1S/C10H13N5O3/c11-13-12-4-6-14-8(16)3-5-15(10(14)17)9-2-1-7-18-9/h3,5,9H,1-2,4,6-7H2. The molecule has 1 aromatic rings. The molecule has 0 aliphatic carbocycles. The van der Waals surface area contributed by atoms with Crippen molar-refractivity contribution in [3.8, 4) is 0 Å². The molecule has 1 unspecified atom stereocenters. The molecule has 1 aliphatic heterocycles. The Kier molecular flexibility index (Phi) is 3.81. The lowest BCUT2D eigenvalue weighted by Crippen LogP contribution is -2.40. The van der Waals surface area contributed by atoms with E-state index in [1.54, 1.807) is 0 Å². The van der Waals surface area contributed by atoms with Gasteiger partial charge in [-0.3, -0.25) is 13.9 Å². The molecule has 1 saturated heterocycles. The molecular weight excluding hydrogens is 238 g/mol. The fraction of sp³-hybridized carbons (Fsp3) is 0.600.